The van der Waals surface area contributed by atoms with E-state index < -0.39 is 0 Å². The molecule has 5 rings (SSSR count). The molecule has 5 aromatic rings. The van der Waals surface area contributed by atoms with E-state index in [1.807, 2.05) is 78.9 Å². The van der Waals surface area contributed by atoms with Crippen molar-refractivity contribution in [2.24, 2.45) is 0 Å². The number of benzene rings is 3. The Morgan fingerprint density at radius 3 is 2.00 bits per heavy atom. The van der Waals surface area contributed by atoms with Crippen LogP contribution in [0.15, 0.2) is 115 Å². The fraction of sp³-hybridized carbons (Fsp3) is 0.0968. The second-order valence-corrected chi connectivity index (χ2v) is 8.93. The highest BCUT2D eigenvalue weighted by Gasteiger charge is 2.24. The third-order valence-electron chi connectivity index (χ3n) is 6.36. The van der Waals surface area contributed by atoms with E-state index in [1.54, 1.807) is 6.20 Å². The van der Waals surface area contributed by atoms with Gasteiger partial charge < -0.3 is 5.11 Å². The Morgan fingerprint density at radius 1 is 0.588 bits per heavy atom. The summed E-state index contributed by atoms with van der Waals surface area (Å²) in [4.78, 5) is 9.34. The van der Waals surface area contributed by atoms with Crippen molar-refractivity contribution in [3.63, 3.8) is 0 Å². The molecule has 0 fully saturated rings. The van der Waals surface area contributed by atoms with Crippen LogP contribution < -0.4 is 0 Å². The molecule has 0 aliphatic rings. The molecule has 0 amide bonds. The summed E-state index contributed by atoms with van der Waals surface area (Å²) in [5, 5.41) is 11.0. The molecular formula is C31H26N2O. The summed E-state index contributed by atoms with van der Waals surface area (Å²) in [6.45, 7) is 4.34. The average molecular weight is 443 g/mol. The molecule has 0 radical (unpaired) electrons. The van der Waals surface area contributed by atoms with Gasteiger partial charge in [-0.1, -0.05) is 80.6 Å². The summed E-state index contributed by atoms with van der Waals surface area (Å²) in [5.74, 6) is 0.230. The van der Waals surface area contributed by atoms with Gasteiger partial charge in [0.1, 0.15) is 5.75 Å². The number of rotatable bonds is 5. The largest absolute Gasteiger partial charge is 0.507 e. The number of phenols is 1. The Morgan fingerprint density at radius 2 is 1.26 bits per heavy atom. The SMILES string of the molecule is CC(C)(c1ccccc1)c1ccc(-c2cccc(-c3cccc(-c4ccccn4)c3)n2)c(O)c1. The van der Waals surface area contributed by atoms with Gasteiger partial charge in [0.2, 0.25) is 0 Å². The quantitative estimate of drug-likeness (QED) is 0.306. The first kappa shape index (κ1) is 21.6. The van der Waals surface area contributed by atoms with Gasteiger partial charge in [-0.15, -0.1) is 0 Å². The maximum absolute atomic E-state index is 11.0. The van der Waals surface area contributed by atoms with E-state index in [-0.39, 0.29) is 11.2 Å². The van der Waals surface area contributed by atoms with Crippen LogP contribution in [-0.2, 0) is 5.41 Å². The third-order valence-corrected chi connectivity index (χ3v) is 6.36. The lowest BCUT2D eigenvalue weighted by Gasteiger charge is -2.26. The number of pyridine rings is 2. The maximum atomic E-state index is 11.0. The van der Waals surface area contributed by atoms with E-state index in [2.05, 4.69) is 49.2 Å². The second-order valence-electron chi connectivity index (χ2n) is 8.93. The van der Waals surface area contributed by atoms with Crippen molar-refractivity contribution in [2.45, 2.75) is 19.3 Å². The third kappa shape index (κ3) is 4.20. The Kier molecular flexibility index (Phi) is 5.69. The molecule has 3 nitrogen and oxygen atoms in total. The van der Waals surface area contributed by atoms with E-state index in [0.29, 0.717) is 0 Å². The van der Waals surface area contributed by atoms with Crippen molar-refractivity contribution < 1.29 is 5.11 Å². The van der Waals surface area contributed by atoms with Crippen LogP contribution in [0.1, 0.15) is 25.0 Å². The van der Waals surface area contributed by atoms with Gasteiger partial charge in [-0.05, 0) is 53.6 Å². The van der Waals surface area contributed by atoms with Crippen molar-refractivity contribution in [2.75, 3.05) is 0 Å². The van der Waals surface area contributed by atoms with Crippen LogP contribution in [0, 0.1) is 0 Å². The molecule has 34 heavy (non-hydrogen) atoms. The molecule has 1 N–H and O–H groups in total. The number of nitrogens with zero attached hydrogens (tertiary/aromatic N) is 2. The Labute approximate surface area is 200 Å². The summed E-state index contributed by atoms with van der Waals surface area (Å²) >= 11 is 0. The van der Waals surface area contributed by atoms with Crippen molar-refractivity contribution in [3.8, 4) is 39.5 Å². The van der Waals surface area contributed by atoms with E-state index >= 15 is 0 Å². The molecule has 0 unspecified atom stereocenters. The molecule has 0 saturated heterocycles. The maximum Gasteiger partial charge on any atom is 0.125 e. The molecule has 0 spiro atoms. The molecule has 166 valence electrons. The molecule has 0 atom stereocenters. The Balaban J connectivity index is 1.49. The highest BCUT2D eigenvalue weighted by molar-refractivity contribution is 5.73. The predicted octanol–water partition coefficient (Wildman–Crippen LogP) is 7.51. The lowest BCUT2D eigenvalue weighted by Crippen LogP contribution is -2.18. The fourth-order valence-electron chi connectivity index (χ4n) is 4.28. The average Bonchev–Trinajstić information content (AvgIpc) is 2.90. The van der Waals surface area contributed by atoms with Gasteiger partial charge in [0.05, 0.1) is 17.1 Å². The minimum atomic E-state index is -0.224. The first-order chi connectivity index (χ1) is 16.5. The number of phenolic OH excluding ortho intramolecular Hbond substituents is 1. The lowest BCUT2D eigenvalue weighted by atomic mass is 9.78. The van der Waals surface area contributed by atoms with Crippen LogP contribution >= 0.6 is 0 Å². The Hall–Kier alpha value is -4.24. The van der Waals surface area contributed by atoms with Gasteiger partial charge in [0, 0.05) is 28.3 Å². The molecule has 3 aromatic carbocycles. The normalized spacial score (nSPS) is 11.4. The number of hydrogen-bond acceptors (Lipinski definition) is 3. The van der Waals surface area contributed by atoms with Crippen molar-refractivity contribution in [3.05, 3.63) is 127 Å². The van der Waals surface area contributed by atoms with Gasteiger partial charge in [0.15, 0.2) is 0 Å². The minimum Gasteiger partial charge on any atom is -0.507 e. The number of aromatic hydroxyl groups is 1. The highest BCUT2D eigenvalue weighted by atomic mass is 16.3. The zero-order chi connectivity index (χ0) is 23.5. The van der Waals surface area contributed by atoms with Crippen LogP contribution in [0.4, 0.5) is 0 Å². The van der Waals surface area contributed by atoms with Gasteiger partial charge in [0.25, 0.3) is 0 Å². The molecule has 0 aliphatic carbocycles. The standard InChI is InChI=1S/C31H26N2O/c1-31(2,24-12-4-3-5-13-24)25-17-18-26(30(34)21-25)29-16-9-15-28(33-29)23-11-8-10-22(20-23)27-14-6-7-19-32-27/h3-21,34H,1-2H3. The molecule has 2 aromatic heterocycles. The van der Waals surface area contributed by atoms with Crippen LogP contribution in [0.3, 0.4) is 0 Å². The Bertz CT molecular complexity index is 1430. The number of hydrogen-bond donors (Lipinski definition) is 1. The van der Waals surface area contributed by atoms with E-state index in [1.165, 1.54) is 5.56 Å². The van der Waals surface area contributed by atoms with E-state index in [0.717, 1.165) is 39.3 Å². The molecule has 0 saturated carbocycles. The van der Waals surface area contributed by atoms with Gasteiger partial charge in [-0.2, -0.15) is 0 Å². The molecule has 2 heterocycles. The van der Waals surface area contributed by atoms with Crippen molar-refractivity contribution in [1.29, 1.82) is 0 Å². The summed E-state index contributed by atoms with van der Waals surface area (Å²) in [6.07, 6.45) is 1.80. The molecule has 3 heteroatoms. The minimum absolute atomic E-state index is 0.224. The second kappa shape index (κ2) is 8.95. The smallest absolute Gasteiger partial charge is 0.125 e. The molecule has 0 aliphatic heterocycles. The van der Waals surface area contributed by atoms with E-state index in [9.17, 15) is 5.11 Å². The predicted molar refractivity (Wildman–Crippen MR) is 139 cm³/mol. The van der Waals surface area contributed by atoms with Gasteiger partial charge in [-0.25, -0.2) is 4.98 Å². The zero-order valence-corrected chi connectivity index (χ0v) is 19.3. The topological polar surface area (TPSA) is 46.0 Å². The van der Waals surface area contributed by atoms with Crippen molar-refractivity contribution in [1.82, 2.24) is 9.97 Å². The summed E-state index contributed by atoms with van der Waals surface area (Å²) in [5.41, 5.74) is 7.32. The lowest BCUT2D eigenvalue weighted by molar-refractivity contribution is 0.474. The van der Waals surface area contributed by atoms with E-state index in [4.69, 9.17) is 4.98 Å². The van der Waals surface area contributed by atoms with Gasteiger partial charge in [-0.3, -0.25) is 4.98 Å². The highest BCUT2D eigenvalue weighted by Crippen LogP contribution is 2.37. The summed E-state index contributed by atoms with van der Waals surface area (Å²) in [6, 6.07) is 36.3. The summed E-state index contributed by atoms with van der Waals surface area (Å²) < 4.78 is 0. The molecular weight excluding hydrogens is 416 g/mol. The first-order valence-corrected chi connectivity index (χ1v) is 11.4. The first-order valence-electron chi connectivity index (χ1n) is 11.4. The van der Waals surface area contributed by atoms with Crippen LogP contribution in [0.2, 0.25) is 0 Å². The molecule has 0 bridgehead atoms. The van der Waals surface area contributed by atoms with Gasteiger partial charge >= 0.3 is 0 Å². The number of aromatic nitrogens is 2. The zero-order valence-electron chi connectivity index (χ0n) is 19.3. The summed E-state index contributed by atoms with van der Waals surface area (Å²) in [7, 11) is 0. The monoisotopic (exact) mass is 442 g/mol. The van der Waals surface area contributed by atoms with Crippen molar-refractivity contribution >= 4 is 0 Å². The van der Waals surface area contributed by atoms with Crippen LogP contribution in [0.25, 0.3) is 33.8 Å². The fourth-order valence-corrected chi connectivity index (χ4v) is 4.28. The van der Waals surface area contributed by atoms with Crippen LogP contribution in [0.5, 0.6) is 5.75 Å². The van der Waals surface area contributed by atoms with Crippen LogP contribution in [-0.4, -0.2) is 15.1 Å².